The number of hydrogen-bond donors (Lipinski definition) is 2. The summed E-state index contributed by atoms with van der Waals surface area (Å²) in [6.07, 6.45) is 1.65. The Labute approximate surface area is 157 Å². The summed E-state index contributed by atoms with van der Waals surface area (Å²) in [5.41, 5.74) is 0.354. The minimum absolute atomic E-state index is 0.0875. The number of nitro groups is 1. The highest BCUT2D eigenvalue weighted by atomic mass is 32.2. The first-order chi connectivity index (χ1) is 12.8. The van der Waals surface area contributed by atoms with Gasteiger partial charge in [0.15, 0.2) is 0 Å². The van der Waals surface area contributed by atoms with Crippen LogP contribution in [0.2, 0.25) is 0 Å². The van der Waals surface area contributed by atoms with Gasteiger partial charge in [-0.1, -0.05) is 19.9 Å². The molecule has 27 heavy (non-hydrogen) atoms. The Kier molecular flexibility index (Phi) is 6.51. The Balaban J connectivity index is 2.14. The number of nitro benzene ring substituents is 1. The molecule has 0 atom stereocenters. The van der Waals surface area contributed by atoms with Crippen LogP contribution in [0.1, 0.15) is 37.0 Å². The van der Waals surface area contributed by atoms with Crippen molar-refractivity contribution in [2.24, 2.45) is 0 Å². The number of amides is 1. The fourth-order valence-corrected chi connectivity index (χ4v) is 3.53. The van der Waals surface area contributed by atoms with Crippen LogP contribution in [-0.4, -0.2) is 25.3 Å². The molecule has 1 amide bonds. The van der Waals surface area contributed by atoms with Gasteiger partial charge in [-0.25, -0.2) is 8.42 Å². The molecule has 2 aromatic carbocycles. The number of nitrogens with zero attached hydrogens (tertiary/aromatic N) is 1. The fraction of sp³-hybridized carbons (Fsp3) is 0.278. The van der Waals surface area contributed by atoms with Crippen molar-refractivity contribution in [2.45, 2.75) is 37.6 Å². The van der Waals surface area contributed by atoms with Crippen molar-refractivity contribution in [1.82, 2.24) is 5.32 Å². The van der Waals surface area contributed by atoms with Crippen molar-refractivity contribution in [3.63, 3.8) is 0 Å². The number of carbonyl (C=O) groups is 1. The quantitative estimate of drug-likeness (QED) is 0.528. The lowest BCUT2D eigenvalue weighted by atomic mass is 10.1. The molecule has 0 aliphatic carbocycles. The van der Waals surface area contributed by atoms with E-state index in [4.69, 9.17) is 0 Å². The second kappa shape index (κ2) is 8.63. The molecule has 0 spiro atoms. The van der Waals surface area contributed by atoms with Crippen LogP contribution < -0.4 is 10.0 Å². The summed E-state index contributed by atoms with van der Waals surface area (Å²) >= 11 is 0. The summed E-state index contributed by atoms with van der Waals surface area (Å²) < 4.78 is 27.2. The average molecular weight is 391 g/mol. The number of benzene rings is 2. The second-order valence-corrected chi connectivity index (χ2v) is 7.61. The van der Waals surface area contributed by atoms with Gasteiger partial charge in [0.2, 0.25) is 0 Å². The Morgan fingerprint density at radius 1 is 1.11 bits per heavy atom. The summed E-state index contributed by atoms with van der Waals surface area (Å²) in [6, 6.07) is 10.8. The standard InChI is InChI=1S/C18H21N3O5S/c1-3-14(4-2)19-18(22)13-8-10-15(11-9-13)20-27(25,26)17-7-5-6-16(12-17)21(23)24/h5-12,14,20H,3-4H2,1-2H3,(H,19,22). The molecule has 0 bridgehead atoms. The van der Waals surface area contributed by atoms with E-state index in [0.29, 0.717) is 5.56 Å². The SMILES string of the molecule is CCC(CC)NC(=O)c1ccc(NS(=O)(=O)c2cccc([N+](=O)[O-])c2)cc1. The number of nitrogens with one attached hydrogen (secondary N) is 2. The van der Waals surface area contributed by atoms with Gasteiger partial charge in [-0.05, 0) is 43.2 Å². The molecule has 0 saturated carbocycles. The normalized spacial score (nSPS) is 11.2. The molecule has 0 fully saturated rings. The molecular weight excluding hydrogens is 370 g/mol. The van der Waals surface area contributed by atoms with E-state index in [-0.39, 0.29) is 28.2 Å². The number of hydrogen-bond acceptors (Lipinski definition) is 5. The summed E-state index contributed by atoms with van der Waals surface area (Å²) in [6.45, 7) is 3.97. The van der Waals surface area contributed by atoms with Gasteiger partial charge in [0.05, 0.1) is 9.82 Å². The predicted molar refractivity (Wildman–Crippen MR) is 102 cm³/mol. The van der Waals surface area contributed by atoms with Gasteiger partial charge < -0.3 is 5.32 Å². The van der Waals surface area contributed by atoms with Gasteiger partial charge in [-0.15, -0.1) is 0 Å². The van der Waals surface area contributed by atoms with Gasteiger partial charge in [0, 0.05) is 29.4 Å². The van der Waals surface area contributed by atoms with Crippen LogP contribution in [0, 0.1) is 10.1 Å². The minimum Gasteiger partial charge on any atom is -0.349 e. The predicted octanol–water partition coefficient (Wildman–Crippen LogP) is 3.31. The van der Waals surface area contributed by atoms with Crippen molar-refractivity contribution in [1.29, 1.82) is 0 Å². The summed E-state index contributed by atoms with van der Waals surface area (Å²) in [5.74, 6) is -0.225. The Morgan fingerprint density at radius 3 is 2.30 bits per heavy atom. The van der Waals surface area contributed by atoms with Crippen LogP contribution in [-0.2, 0) is 10.0 Å². The van der Waals surface area contributed by atoms with E-state index in [1.54, 1.807) is 0 Å². The maximum atomic E-state index is 12.4. The first kappa shape index (κ1) is 20.4. The molecule has 8 nitrogen and oxygen atoms in total. The Bertz CT molecular complexity index is 922. The number of sulfonamides is 1. The van der Waals surface area contributed by atoms with Crippen LogP contribution in [0.15, 0.2) is 53.4 Å². The summed E-state index contributed by atoms with van der Waals surface area (Å²) in [5, 5.41) is 13.7. The van der Waals surface area contributed by atoms with Gasteiger partial charge in [0.1, 0.15) is 0 Å². The van der Waals surface area contributed by atoms with E-state index in [2.05, 4.69) is 10.0 Å². The highest BCUT2D eigenvalue weighted by molar-refractivity contribution is 7.92. The number of rotatable bonds is 8. The molecule has 0 unspecified atom stereocenters. The lowest BCUT2D eigenvalue weighted by Crippen LogP contribution is -2.33. The lowest BCUT2D eigenvalue weighted by molar-refractivity contribution is -0.385. The van der Waals surface area contributed by atoms with Crippen LogP contribution >= 0.6 is 0 Å². The molecule has 2 N–H and O–H groups in total. The maximum absolute atomic E-state index is 12.4. The smallest absolute Gasteiger partial charge is 0.270 e. The van der Waals surface area contributed by atoms with Crippen molar-refractivity contribution in [2.75, 3.05) is 4.72 Å². The van der Waals surface area contributed by atoms with E-state index in [0.717, 1.165) is 18.9 Å². The Morgan fingerprint density at radius 2 is 1.74 bits per heavy atom. The second-order valence-electron chi connectivity index (χ2n) is 5.92. The van der Waals surface area contributed by atoms with Gasteiger partial charge in [-0.3, -0.25) is 19.6 Å². The first-order valence-electron chi connectivity index (χ1n) is 8.45. The van der Waals surface area contributed by atoms with Crippen molar-refractivity contribution in [3.05, 3.63) is 64.2 Å². The van der Waals surface area contributed by atoms with Gasteiger partial charge in [-0.2, -0.15) is 0 Å². The Hall–Kier alpha value is -2.94. The molecule has 0 aliphatic rings. The van der Waals surface area contributed by atoms with Gasteiger partial charge in [0.25, 0.3) is 21.6 Å². The van der Waals surface area contributed by atoms with E-state index >= 15 is 0 Å². The zero-order valence-corrected chi connectivity index (χ0v) is 15.8. The largest absolute Gasteiger partial charge is 0.349 e. The third-order valence-corrected chi connectivity index (χ3v) is 5.44. The first-order valence-corrected chi connectivity index (χ1v) is 9.93. The van der Waals surface area contributed by atoms with Crippen LogP contribution in [0.25, 0.3) is 0 Å². The van der Waals surface area contributed by atoms with E-state index in [1.165, 1.54) is 42.5 Å². The summed E-state index contributed by atoms with van der Waals surface area (Å²) in [4.78, 5) is 22.1. The zero-order valence-electron chi connectivity index (χ0n) is 15.0. The minimum atomic E-state index is -3.98. The van der Waals surface area contributed by atoms with E-state index in [1.807, 2.05) is 13.8 Å². The van der Waals surface area contributed by atoms with Crippen molar-refractivity contribution in [3.8, 4) is 0 Å². The van der Waals surface area contributed by atoms with E-state index < -0.39 is 14.9 Å². The molecule has 0 heterocycles. The van der Waals surface area contributed by atoms with Crippen LogP contribution in [0.5, 0.6) is 0 Å². The number of non-ortho nitro benzene ring substituents is 1. The van der Waals surface area contributed by atoms with E-state index in [9.17, 15) is 23.3 Å². The number of anilines is 1. The molecule has 2 aromatic rings. The third-order valence-electron chi connectivity index (χ3n) is 4.06. The van der Waals surface area contributed by atoms with Crippen LogP contribution in [0.4, 0.5) is 11.4 Å². The summed E-state index contributed by atoms with van der Waals surface area (Å²) in [7, 11) is -3.98. The molecule has 2 rings (SSSR count). The lowest BCUT2D eigenvalue weighted by Gasteiger charge is -2.15. The van der Waals surface area contributed by atoms with Crippen LogP contribution in [0.3, 0.4) is 0 Å². The number of carbonyl (C=O) groups excluding carboxylic acids is 1. The average Bonchev–Trinajstić information content (AvgIpc) is 2.66. The molecule has 9 heteroatoms. The molecule has 0 aromatic heterocycles. The van der Waals surface area contributed by atoms with Gasteiger partial charge >= 0.3 is 0 Å². The molecular formula is C18H21N3O5S. The van der Waals surface area contributed by atoms with Crippen molar-refractivity contribution < 1.29 is 18.1 Å². The highest BCUT2D eigenvalue weighted by Crippen LogP contribution is 2.20. The fourth-order valence-electron chi connectivity index (χ4n) is 2.43. The monoisotopic (exact) mass is 391 g/mol. The molecule has 0 saturated heterocycles. The zero-order chi connectivity index (χ0) is 20.0. The highest BCUT2D eigenvalue weighted by Gasteiger charge is 2.18. The molecule has 0 aliphatic heterocycles. The topological polar surface area (TPSA) is 118 Å². The molecule has 144 valence electrons. The van der Waals surface area contributed by atoms with Crippen molar-refractivity contribution >= 4 is 27.3 Å². The third kappa shape index (κ3) is 5.27. The maximum Gasteiger partial charge on any atom is 0.270 e. The molecule has 0 radical (unpaired) electrons.